The molecule has 1 aromatic heterocycles. The fourth-order valence-corrected chi connectivity index (χ4v) is 1.87. The summed E-state index contributed by atoms with van der Waals surface area (Å²) in [5.74, 6) is -0.180. The first-order valence-corrected chi connectivity index (χ1v) is 6.54. The van der Waals surface area contributed by atoms with Crippen molar-refractivity contribution in [1.29, 1.82) is 0 Å². The van der Waals surface area contributed by atoms with Gasteiger partial charge in [0.15, 0.2) is 5.15 Å². The lowest BCUT2D eigenvalue weighted by molar-refractivity contribution is -0.117. The fraction of sp³-hybridized carbons (Fsp3) is 0.538. The van der Waals surface area contributed by atoms with Crippen molar-refractivity contribution < 1.29 is 9.90 Å². The predicted molar refractivity (Wildman–Crippen MR) is 76.3 cm³/mol. The van der Waals surface area contributed by atoms with Crippen LogP contribution in [-0.4, -0.2) is 46.1 Å². The lowest BCUT2D eigenvalue weighted by Gasteiger charge is -2.27. The van der Waals surface area contributed by atoms with Gasteiger partial charge in [-0.2, -0.15) is 0 Å². The van der Waals surface area contributed by atoms with E-state index in [1.54, 1.807) is 32.2 Å². The van der Waals surface area contributed by atoms with E-state index >= 15 is 0 Å². The molecule has 106 valence electrons. The molecule has 0 atom stereocenters. The zero-order valence-electron chi connectivity index (χ0n) is 11.5. The van der Waals surface area contributed by atoms with Crippen LogP contribution in [0.25, 0.3) is 0 Å². The summed E-state index contributed by atoms with van der Waals surface area (Å²) in [6, 6.07) is 3.40. The van der Waals surface area contributed by atoms with Crippen LogP contribution in [0.4, 0.5) is 5.69 Å². The van der Waals surface area contributed by atoms with Crippen LogP contribution < -0.4 is 5.32 Å². The van der Waals surface area contributed by atoms with Crippen molar-refractivity contribution >= 4 is 23.2 Å². The maximum absolute atomic E-state index is 11.9. The summed E-state index contributed by atoms with van der Waals surface area (Å²) in [5.41, 5.74) is -0.337. The number of pyridine rings is 1. The molecular formula is C13H20ClN3O2. The van der Waals surface area contributed by atoms with E-state index in [0.29, 0.717) is 18.8 Å². The topological polar surface area (TPSA) is 65.5 Å². The minimum absolute atomic E-state index is 0.180. The third-order valence-corrected chi connectivity index (χ3v) is 2.76. The molecule has 1 amide bonds. The van der Waals surface area contributed by atoms with Gasteiger partial charge < -0.3 is 10.4 Å². The maximum atomic E-state index is 11.9. The van der Waals surface area contributed by atoms with Crippen molar-refractivity contribution in [3.63, 3.8) is 0 Å². The fourth-order valence-electron chi connectivity index (χ4n) is 1.70. The van der Waals surface area contributed by atoms with Gasteiger partial charge in [0.1, 0.15) is 0 Å². The van der Waals surface area contributed by atoms with E-state index < -0.39 is 5.60 Å². The first kappa shape index (κ1) is 15.9. The molecule has 0 unspecified atom stereocenters. The number of halogens is 1. The number of hydrogen-bond donors (Lipinski definition) is 2. The number of rotatable bonds is 6. The lowest BCUT2D eigenvalue weighted by atomic mass is 10.1. The van der Waals surface area contributed by atoms with Gasteiger partial charge in [0.05, 0.1) is 17.8 Å². The zero-order chi connectivity index (χ0) is 14.5. The van der Waals surface area contributed by atoms with Crippen molar-refractivity contribution in [3.8, 4) is 0 Å². The Labute approximate surface area is 118 Å². The second kappa shape index (κ2) is 6.84. The monoisotopic (exact) mass is 285 g/mol. The van der Waals surface area contributed by atoms with Gasteiger partial charge in [-0.1, -0.05) is 18.5 Å². The third-order valence-electron chi connectivity index (χ3n) is 2.46. The minimum atomic E-state index is -0.831. The molecule has 1 heterocycles. The first-order chi connectivity index (χ1) is 8.81. The van der Waals surface area contributed by atoms with Gasteiger partial charge in [-0.05, 0) is 32.5 Å². The average Bonchev–Trinajstić information content (AvgIpc) is 2.29. The molecule has 1 aromatic rings. The van der Waals surface area contributed by atoms with Gasteiger partial charge in [-0.25, -0.2) is 4.98 Å². The molecule has 0 aliphatic carbocycles. The minimum Gasteiger partial charge on any atom is -0.389 e. The van der Waals surface area contributed by atoms with Crippen molar-refractivity contribution in [1.82, 2.24) is 9.88 Å². The lowest BCUT2D eigenvalue weighted by Crippen LogP contribution is -2.42. The van der Waals surface area contributed by atoms with Gasteiger partial charge in [-0.15, -0.1) is 0 Å². The predicted octanol–water partition coefficient (Wildman–Crippen LogP) is 1.77. The Balaban J connectivity index is 2.57. The van der Waals surface area contributed by atoms with E-state index in [9.17, 15) is 9.90 Å². The summed E-state index contributed by atoms with van der Waals surface area (Å²) in [6.07, 6.45) is 1.56. The molecule has 0 bridgehead atoms. The standard InChI is InChI=1S/C13H20ClN3O2/c1-4-17(9-13(2,3)19)8-11(18)16-10-6-5-7-15-12(10)14/h5-7,19H,4,8-9H2,1-3H3,(H,16,18). The quantitative estimate of drug-likeness (QED) is 0.782. The van der Waals surface area contributed by atoms with Gasteiger partial charge in [-0.3, -0.25) is 9.69 Å². The maximum Gasteiger partial charge on any atom is 0.238 e. The zero-order valence-corrected chi connectivity index (χ0v) is 12.2. The Kier molecular flexibility index (Phi) is 5.72. The first-order valence-electron chi connectivity index (χ1n) is 6.17. The number of amides is 1. The number of aliphatic hydroxyl groups is 1. The molecule has 0 aliphatic rings. The molecule has 0 radical (unpaired) electrons. The number of nitrogens with one attached hydrogen (secondary N) is 1. The van der Waals surface area contributed by atoms with E-state index in [0.717, 1.165) is 0 Å². The van der Waals surface area contributed by atoms with Crippen molar-refractivity contribution in [2.45, 2.75) is 26.4 Å². The van der Waals surface area contributed by atoms with Crippen LogP contribution in [-0.2, 0) is 4.79 Å². The van der Waals surface area contributed by atoms with Crippen LogP contribution in [0.5, 0.6) is 0 Å². The Hall–Kier alpha value is -1.17. The van der Waals surface area contributed by atoms with E-state index in [1.165, 1.54) is 0 Å². The van der Waals surface area contributed by atoms with E-state index in [1.807, 2.05) is 11.8 Å². The Morgan fingerprint density at radius 1 is 1.58 bits per heavy atom. The third kappa shape index (κ3) is 6.00. The summed E-state index contributed by atoms with van der Waals surface area (Å²) < 4.78 is 0. The van der Waals surface area contributed by atoms with Crippen molar-refractivity contribution in [3.05, 3.63) is 23.5 Å². The number of anilines is 1. The van der Waals surface area contributed by atoms with Gasteiger partial charge in [0.25, 0.3) is 0 Å². The van der Waals surface area contributed by atoms with E-state index in [4.69, 9.17) is 11.6 Å². The normalized spacial score (nSPS) is 11.7. The number of aromatic nitrogens is 1. The summed E-state index contributed by atoms with van der Waals surface area (Å²) in [5, 5.41) is 12.7. The van der Waals surface area contributed by atoms with Crippen molar-refractivity contribution in [2.75, 3.05) is 25.0 Å². The van der Waals surface area contributed by atoms with Gasteiger partial charge >= 0.3 is 0 Å². The largest absolute Gasteiger partial charge is 0.389 e. The molecule has 19 heavy (non-hydrogen) atoms. The molecule has 0 aromatic carbocycles. The van der Waals surface area contributed by atoms with Crippen LogP contribution in [0.1, 0.15) is 20.8 Å². The average molecular weight is 286 g/mol. The Morgan fingerprint density at radius 3 is 2.79 bits per heavy atom. The van der Waals surface area contributed by atoms with E-state index in [2.05, 4.69) is 10.3 Å². The Bertz CT molecular complexity index is 432. The van der Waals surface area contributed by atoms with Crippen LogP contribution in [0.2, 0.25) is 5.15 Å². The van der Waals surface area contributed by atoms with Crippen LogP contribution in [0, 0.1) is 0 Å². The number of carbonyl (C=O) groups excluding carboxylic acids is 1. The second-order valence-electron chi connectivity index (χ2n) is 5.01. The summed E-state index contributed by atoms with van der Waals surface area (Å²) in [7, 11) is 0. The highest BCUT2D eigenvalue weighted by atomic mass is 35.5. The smallest absolute Gasteiger partial charge is 0.238 e. The van der Waals surface area contributed by atoms with Crippen LogP contribution in [0.3, 0.4) is 0 Å². The number of likely N-dealkylation sites (N-methyl/N-ethyl adjacent to an activating group) is 1. The molecule has 0 spiro atoms. The number of nitrogens with zero attached hydrogens (tertiary/aromatic N) is 2. The molecule has 0 saturated heterocycles. The molecule has 0 aliphatic heterocycles. The van der Waals surface area contributed by atoms with Gasteiger partial charge in [0, 0.05) is 12.7 Å². The highest BCUT2D eigenvalue weighted by molar-refractivity contribution is 6.32. The van der Waals surface area contributed by atoms with Gasteiger partial charge in [0.2, 0.25) is 5.91 Å². The van der Waals surface area contributed by atoms with Crippen LogP contribution in [0.15, 0.2) is 18.3 Å². The summed E-state index contributed by atoms with van der Waals surface area (Å²) in [6.45, 7) is 6.68. The highest BCUT2D eigenvalue weighted by Crippen LogP contribution is 2.17. The molecule has 2 N–H and O–H groups in total. The van der Waals surface area contributed by atoms with Crippen molar-refractivity contribution in [2.24, 2.45) is 0 Å². The molecule has 1 rings (SSSR count). The number of hydrogen-bond acceptors (Lipinski definition) is 4. The second-order valence-corrected chi connectivity index (χ2v) is 5.36. The molecular weight excluding hydrogens is 266 g/mol. The van der Waals surface area contributed by atoms with Crippen LogP contribution >= 0.6 is 11.6 Å². The molecule has 0 saturated carbocycles. The van der Waals surface area contributed by atoms with E-state index in [-0.39, 0.29) is 17.6 Å². The summed E-state index contributed by atoms with van der Waals surface area (Å²) in [4.78, 5) is 17.6. The SMILES string of the molecule is CCN(CC(=O)Nc1cccnc1Cl)CC(C)(C)O. The highest BCUT2D eigenvalue weighted by Gasteiger charge is 2.19. The number of carbonyl (C=O) groups is 1. The molecule has 6 heteroatoms. The summed E-state index contributed by atoms with van der Waals surface area (Å²) >= 11 is 5.87. The Morgan fingerprint density at radius 2 is 2.26 bits per heavy atom. The molecule has 0 fully saturated rings. The molecule has 5 nitrogen and oxygen atoms in total.